The van der Waals surface area contributed by atoms with Crippen LogP contribution in [0.4, 0.5) is 0 Å². The Morgan fingerprint density at radius 2 is 1.94 bits per heavy atom. The lowest BCUT2D eigenvalue weighted by atomic mass is 10.5. The number of morpholine rings is 1. The molecule has 88 valence electrons. The normalized spacial score (nSPS) is 18.5. The number of aromatic nitrogens is 1. The monoisotopic (exact) mass is 244 g/mol. The van der Waals surface area contributed by atoms with Gasteiger partial charge in [0.25, 0.3) is 10.0 Å². The van der Waals surface area contributed by atoms with E-state index in [4.69, 9.17) is 4.74 Å². The van der Waals surface area contributed by atoms with Crippen LogP contribution in [0.1, 0.15) is 0 Å². The summed E-state index contributed by atoms with van der Waals surface area (Å²) in [5, 5.41) is -0.0677. The van der Waals surface area contributed by atoms with Crippen LogP contribution in [0.2, 0.25) is 0 Å². The minimum absolute atomic E-state index is 0.0677. The summed E-state index contributed by atoms with van der Waals surface area (Å²) in [4.78, 5) is 13.4. The van der Waals surface area contributed by atoms with Gasteiger partial charge in [-0.25, -0.2) is 8.42 Å². The van der Waals surface area contributed by atoms with Crippen LogP contribution in [0.25, 0.3) is 0 Å². The SMILES string of the molecule is O=c1cccc(S(=O)(=O)N2CCOCC2)[nH]1. The van der Waals surface area contributed by atoms with E-state index in [9.17, 15) is 13.2 Å². The molecule has 1 N–H and O–H groups in total. The number of nitrogens with one attached hydrogen (secondary N) is 1. The van der Waals surface area contributed by atoms with E-state index < -0.39 is 15.6 Å². The van der Waals surface area contributed by atoms with Gasteiger partial charge in [-0.15, -0.1) is 0 Å². The number of pyridine rings is 1. The third kappa shape index (κ3) is 2.16. The zero-order valence-corrected chi connectivity index (χ0v) is 9.37. The summed E-state index contributed by atoms with van der Waals surface area (Å²) >= 11 is 0. The fraction of sp³-hybridized carbons (Fsp3) is 0.444. The Morgan fingerprint density at radius 3 is 2.56 bits per heavy atom. The average Bonchev–Trinajstić information content (AvgIpc) is 2.30. The molecule has 0 saturated carbocycles. The third-order valence-corrected chi connectivity index (χ3v) is 4.17. The first-order valence-electron chi connectivity index (χ1n) is 4.88. The van der Waals surface area contributed by atoms with Crippen LogP contribution in [0, 0.1) is 0 Å². The molecule has 2 rings (SSSR count). The Labute approximate surface area is 92.9 Å². The molecule has 1 fully saturated rings. The maximum atomic E-state index is 12.0. The third-order valence-electron chi connectivity index (χ3n) is 2.33. The highest BCUT2D eigenvalue weighted by molar-refractivity contribution is 7.89. The van der Waals surface area contributed by atoms with E-state index in [1.807, 2.05) is 0 Å². The zero-order valence-electron chi connectivity index (χ0n) is 8.55. The van der Waals surface area contributed by atoms with Crippen LogP contribution in [0.3, 0.4) is 0 Å². The van der Waals surface area contributed by atoms with Crippen molar-refractivity contribution in [2.75, 3.05) is 26.3 Å². The molecule has 6 nitrogen and oxygen atoms in total. The molecular weight excluding hydrogens is 232 g/mol. The average molecular weight is 244 g/mol. The molecule has 16 heavy (non-hydrogen) atoms. The van der Waals surface area contributed by atoms with E-state index in [0.717, 1.165) is 0 Å². The van der Waals surface area contributed by atoms with Crippen LogP contribution in [0.15, 0.2) is 28.0 Å². The molecule has 0 aromatic carbocycles. The van der Waals surface area contributed by atoms with Crippen molar-refractivity contribution >= 4 is 10.0 Å². The molecule has 1 saturated heterocycles. The van der Waals surface area contributed by atoms with Crippen LogP contribution >= 0.6 is 0 Å². The molecule has 2 heterocycles. The number of H-pyrrole nitrogens is 1. The topological polar surface area (TPSA) is 79.5 Å². The van der Waals surface area contributed by atoms with E-state index in [0.29, 0.717) is 26.3 Å². The molecule has 7 heteroatoms. The van der Waals surface area contributed by atoms with Crippen LogP contribution in [0.5, 0.6) is 0 Å². The van der Waals surface area contributed by atoms with Gasteiger partial charge in [0.2, 0.25) is 5.56 Å². The van der Waals surface area contributed by atoms with Gasteiger partial charge >= 0.3 is 0 Å². The summed E-state index contributed by atoms with van der Waals surface area (Å²) in [5.41, 5.74) is -0.422. The molecule has 0 aliphatic carbocycles. The van der Waals surface area contributed by atoms with E-state index in [1.54, 1.807) is 0 Å². The van der Waals surface area contributed by atoms with Crippen LogP contribution in [-0.2, 0) is 14.8 Å². The molecular formula is C9H12N2O4S. The maximum absolute atomic E-state index is 12.0. The Kier molecular flexibility index (Phi) is 3.08. The molecule has 1 aliphatic rings. The molecule has 0 radical (unpaired) electrons. The molecule has 1 aromatic rings. The fourth-order valence-electron chi connectivity index (χ4n) is 1.50. The van der Waals surface area contributed by atoms with Gasteiger partial charge in [-0.05, 0) is 6.07 Å². The van der Waals surface area contributed by atoms with Crippen molar-refractivity contribution in [2.24, 2.45) is 0 Å². The van der Waals surface area contributed by atoms with Crippen molar-refractivity contribution in [2.45, 2.75) is 5.03 Å². The van der Waals surface area contributed by atoms with Gasteiger partial charge in [-0.3, -0.25) is 4.79 Å². The summed E-state index contributed by atoms with van der Waals surface area (Å²) in [6.45, 7) is 1.41. The van der Waals surface area contributed by atoms with Gasteiger partial charge in [0, 0.05) is 19.2 Å². The second-order valence-corrected chi connectivity index (χ2v) is 5.30. The predicted octanol–water partition coefficient (Wildman–Crippen LogP) is -0.604. The standard InChI is InChI=1S/C9H12N2O4S/c12-8-2-1-3-9(10-8)16(13,14)11-4-6-15-7-5-11/h1-3H,4-7H2,(H,10,12). The minimum atomic E-state index is -3.59. The molecule has 1 aromatic heterocycles. The Bertz CT molecular complexity index is 516. The molecule has 0 spiro atoms. The molecule has 0 amide bonds. The van der Waals surface area contributed by atoms with Crippen molar-refractivity contribution < 1.29 is 13.2 Å². The lowest BCUT2D eigenvalue weighted by Gasteiger charge is -2.25. The zero-order chi connectivity index (χ0) is 11.6. The molecule has 0 bridgehead atoms. The van der Waals surface area contributed by atoms with Crippen molar-refractivity contribution in [1.82, 2.24) is 9.29 Å². The summed E-state index contributed by atoms with van der Waals surface area (Å²) in [5.74, 6) is 0. The lowest BCUT2D eigenvalue weighted by molar-refractivity contribution is 0.0729. The quantitative estimate of drug-likeness (QED) is 0.753. The molecule has 1 aliphatic heterocycles. The summed E-state index contributed by atoms with van der Waals surface area (Å²) in [7, 11) is -3.59. The maximum Gasteiger partial charge on any atom is 0.258 e. The number of rotatable bonds is 2. The van der Waals surface area contributed by atoms with Gasteiger partial charge in [-0.1, -0.05) is 6.07 Å². The van der Waals surface area contributed by atoms with Crippen molar-refractivity contribution in [1.29, 1.82) is 0 Å². The number of nitrogens with zero attached hydrogens (tertiary/aromatic N) is 1. The Morgan fingerprint density at radius 1 is 1.25 bits per heavy atom. The molecule has 0 unspecified atom stereocenters. The van der Waals surface area contributed by atoms with Gasteiger partial charge in [-0.2, -0.15) is 4.31 Å². The highest BCUT2D eigenvalue weighted by Crippen LogP contribution is 2.12. The number of hydrogen-bond donors (Lipinski definition) is 1. The second kappa shape index (κ2) is 4.36. The number of hydrogen-bond acceptors (Lipinski definition) is 4. The van der Waals surface area contributed by atoms with E-state index in [-0.39, 0.29) is 5.03 Å². The summed E-state index contributed by atoms with van der Waals surface area (Å²) in [6, 6.07) is 4.08. The summed E-state index contributed by atoms with van der Waals surface area (Å²) < 4.78 is 30.5. The Hall–Kier alpha value is -1.18. The van der Waals surface area contributed by atoms with Crippen molar-refractivity contribution in [3.05, 3.63) is 28.6 Å². The molecule has 0 atom stereocenters. The highest BCUT2D eigenvalue weighted by Gasteiger charge is 2.26. The lowest BCUT2D eigenvalue weighted by Crippen LogP contribution is -2.41. The van der Waals surface area contributed by atoms with Crippen LogP contribution < -0.4 is 5.56 Å². The van der Waals surface area contributed by atoms with Crippen molar-refractivity contribution in [3.63, 3.8) is 0 Å². The first-order valence-corrected chi connectivity index (χ1v) is 6.32. The largest absolute Gasteiger partial charge is 0.379 e. The predicted molar refractivity (Wildman–Crippen MR) is 56.6 cm³/mol. The van der Waals surface area contributed by atoms with E-state index in [1.165, 1.54) is 22.5 Å². The second-order valence-electron chi connectivity index (χ2n) is 3.40. The van der Waals surface area contributed by atoms with E-state index in [2.05, 4.69) is 4.98 Å². The highest BCUT2D eigenvalue weighted by atomic mass is 32.2. The van der Waals surface area contributed by atoms with Gasteiger partial charge in [0.05, 0.1) is 13.2 Å². The van der Waals surface area contributed by atoms with Crippen molar-refractivity contribution in [3.8, 4) is 0 Å². The minimum Gasteiger partial charge on any atom is -0.379 e. The first-order chi connectivity index (χ1) is 7.60. The fourth-order valence-corrected chi connectivity index (χ4v) is 2.89. The van der Waals surface area contributed by atoms with Gasteiger partial charge < -0.3 is 9.72 Å². The van der Waals surface area contributed by atoms with Crippen LogP contribution in [-0.4, -0.2) is 44.0 Å². The smallest absolute Gasteiger partial charge is 0.258 e. The summed E-state index contributed by atoms with van der Waals surface area (Å²) in [6.07, 6.45) is 0. The number of sulfonamides is 1. The Balaban J connectivity index is 2.34. The number of aromatic amines is 1. The van der Waals surface area contributed by atoms with E-state index >= 15 is 0 Å². The number of ether oxygens (including phenoxy) is 1. The first kappa shape index (κ1) is 11.3. The van der Waals surface area contributed by atoms with Gasteiger partial charge in [0.15, 0.2) is 5.03 Å². The van der Waals surface area contributed by atoms with Gasteiger partial charge in [0.1, 0.15) is 0 Å².